The number of amides is 1. The molecule has 2 rings (SSSR count). The van der Waals surface area contributed by atoms with Crippen molar-refractivity contribution in [3.05, 3.63) is 29.3 Å². The van der Waals surface area contributed by atoms with Gasteiger partial charge in [0, 0.05) is 6.54 Å². The van der Waals surface area contributed by atoms with E-state index in [4.69, 9.17) is 10.5 Å². The number of hydrogen-bond donors (Lipinski definition) is 2. The summed E-state index contributed by atoms with van der Waals surface area (Å²) in [5.74, 6) is 0.396. The lowest BCUT2D eigenvalue weighted by atomic mass is 9.93. The van der Waals surface area contributed by atoms with Crippen molar-refractivity contribution in [3.8, 4) is 5.75 Å². The molecule has 1 aliphatic heterocycles. The Morgan fingerprint density at radius 3 is 2.86 bits per heavy atom. The number of aryl methyl sites for hydroxylation is 2. The van der Waals surface area contributed by atoms with Crippen molar-refractivity contribution in [3.63, 3.8) is 0 Å². The minimum atomic E-state index is -0.924. The van der Waals surface area contributed by atoms with Crippen LogP contribution in [0.2, 0.25) is 0 Å². The third kappa shape index (κ3) is 4.44. The number of β-amino-alcohol motifs (C(OH)–C–C–N with tert-alkyl or cyclic N) is 1. The fraction of sp³-hybridized carbons (Fsp3) is 0.562. The summed E-state index contributed by atoms with van der Waals surface area (Å²) in [4.78, 5) is 12.9. The first-order chi connectivity index (χ1) is 9.88. The van der Waals surface area contributed by atoms with Crippen molar-refractivity contribution in [1.29, 1.82) is 0 Å². The van der Waals surface area contributed by atoms with E-state index in [1.807, 2.05) is 30.0 Å². The smallest absolute Gasteiger partial charge is 0.231 e. The summed E-state index contributed by atoms with van der Waals surface area (Å²) in [5, 5.41) is 10.6. The monoisotopic (exact) mass is 292 g/mol. The molecule has 1 aromatic rings. The first-order valence-corrected chi connectivity index (χ1v) is 7.31. The summed E-state index contributed by atoms with van der Waals surface area (Å²) in [6.45, 7) is 5.70. The number of ether oxygens (including phenoxy) is 1. The molecule has 1 saturated heterocycles. The zero-order valence-corrected chi connectivity index (χ0v) is 12.8. The molecule has 0 radical (unpaired) electrons. The minimum Gasteiger partial charge on any atom is -0.491 e. The fourth-order valence-electron chi connectivity index (χ4n) is 2.70. The van der Waals surface area contributed by atoms with Crippen LogP contribution < -0.4 is 10.5 Å². The van der Waals surface area contributed by atoms with Gasteiger partial charge in [-0.1, -0.05) is 6.07 Å². The zero-order chi connectivity index (χ0) is 15.5. The van der Waals surface area contributed by atoms with Crippen molar-refractivity contribution in [2.45, 2.75) is 32.3 Å². The van der Waals surface area contributed by atoms with Crippen LogP contribution in [-0.4, -0.2) is 47.8 Å². The first kappa shape index (κ1) is 15.8. The number of rotatable bonds is 5. The number of nitrogens with two attached hydrogens (primary N) is 1. The summed E-state index contributed by atoms with van der Waals surface area (Å²) in [6, 6.07) is 5.90. The molecule has 1 fully saturated rings. The molecule has 1 aliphatic rings. The molecular weight excluding hydrogens is 268 g/mol. The molecule has 1 unspecified atom stereocenters. The van der Waals surface area contributed by atoms with E-state index in [1.54, 1.807) is 0 Å². The number of primary amides is 1. The van der Waals surface area contributed by atoms with Crippen LogP contribution in [0, 0.1) is 13.8 Å². The average Bonchev–Trinajstić information content (AvgIpc) is 2.40. The van der Waals surface area contributed by atoms with Crippen LogP contribution in [0.5, 0.6) is 5.75 Å². The highest BCUT2D eigenvalue weighted by molar-refractivity contribution is 5.75. The molecule has 5 heteroatoms. The van der Waals surface area contributed by atoms with Crippen LogP contribution in [0.4, 0.5) is 0 Å². The van der Waals surface area contributed by atoms with Gasteiger partial charge >= 0.3 is 0 Å². The number of nitrogens with zero attached hydrogens (tertiary/aromatic N) is 1. The molecule has 1 atom stereocenters. The summed E-state index contributed by atoms with van der Waals surface area (Å²) in [7, 11) is 0. The summed E-state index contributed by atoms with van der Waals surface area (Å²) in [6.07, 6.45) is 1.51. The van der Waals surface area contributed by atoms with E-state index in [0.717, 1.165) is 18.7 Å². The standard InChI is InChI=1S/C16H24N2O3/c1-12-4-5-14(8-13(12)2)21-11-16(20)6-3-7-18(10-16)9-15(17)19/h4-5,8,20H,3,6-7,9-11H2,1-2H3,(H2,17,19). The second kappa shape index (κ2) is 6.45. The molecule has 1 aromatic carbocycles. The number of likely N-dealkylation sites (tertiary alicyclic amines) is 1. The van der Waals surface area contributed by atoms with Crippen molar-refractivity contribution in [1.82, 2.24) is 4.90 Å². The lowest BCUT2D eigenvalue weighted by molar-refractivity contribution is -0.121. The molecule has 1 heterocycles. The lowest BCUT2D eigenvalue weighted by Crippen LogP contribution is -2.53. The van der Waals surface area contributed by atoms with Gasteiger partial charge in [0.15, 0.2) is 0 Å². The van der Waals surface area contributed by atoms with Gasteiger partial charge in [0.05, 0.1) is 6.54 Å². The van der Waals surface area contributed by atoms with E-state index in [0.29, 0.717) is 13.0 Å². The highest BCUT2D eigenvalue weighted by atomic mass is 16.5. The maximum absolute atomic E-state index is 11.0. The summed E-state index contributed by atoms with van der Waals surface area (Å²) in [5.41, 5.74) is 6.67. The van der Waals surface area contributed by atoms with E-state index in [1.165, 1.54) is 11.1 Å². The Hall–Kier alpha value is -1.59. The molecule has 21 heavy (non-hydrogen) atoms. The van der Waals surface area contributed by atoms with E-state index in [9.17, 15) is 9.90 Å². The Morgan fingerprint density at radius 2 is 2.19 bits per heavy atom. The minimum absolute atomic E-state index is 0.186. The largest absolute Gasteiger partial charge is 0.491 e. The number of hydrogen-bond acceptors (Lipinski definition) is 4. The van der Waals surface area contributed by atoms with Gasteiger partial charge in [-0.05, 0) is 56.5 Å². The molecule has 116 valence electrons. The molecule has 0 saturated carbocycles. The predicted octanol–water partition coefficient (Wildman–Crippen LogP) is 0.994. The van der Waals surface area contributed by atoms with Crippen LogP contribution >= 0.6 is 0 Å². The molecular formula is C16H24N2O3. The molecule has 0 bridgehead atoms. The third-order valence-electron chi connectivity index (χ3n) is 4.00. The molecule has 1 amide bonds. The van der Waals surface area contributed by atoms with Crippen LogP contribution in [0.25, 0.3) is 0 Å². The Morgan fingerprint density at radius 1 is 1.43 bits per heavy atom. The quantitative estimate of drug-likeness (QED) is 0.849. The van der Waals surface area contributed by atoms with Crippen molar-refractivity contribution in [2.24, 2.45) is 5.73 Å². The van der Waals surface area contributed by atoms with Crippen molar-refractivity contribution in [2.75, 3.05) is 26.2 Å². The van der Waals surface area contributed by atoms with Crippen LogP contribution in [0.3, 0.4) is 0 Å². The first-order valence-electron chi connectivity index (χ1n) is 7.31. The third-order valence-corrected chi connectivity index (χ3v) is 4.00. The van der Waals surface area contributed by atoms with E-state index in [-0.39, 0.29) is 19.1 Å². The Balaban J connectivity index is 1.94. The number of piperidine rings is 1. The van der Waals surface area contributed by atoms with Gasteiger partial charge in [-0.2, -0.15) is 0 Å². The van der Waals surface area contributed by atoms with Gasteiger partial charge in [-0.15, -0.1) is 0 Å². The van der Waals surface area contributed by atoms with Gasteiger partial charge in [-0.3, -0.25) is 9.69 Å². The Labute approximate surface area is 125 Å². The number of aliphatic hydroxyl groups is 1. The lowest BCUT2D eigenvalue weighted by Gasteiger charge is -2.38. The second-order valence-electron chi connectivity index (χ2n) is 6.04. The van der Waals surface area contributed by atoms with Crippen LogP contribution in [-0.2, 0) is 4.79 Å². The summed E-state index contributed by atoms with van der Waals surface area (Å²) < 4.78 is 5.74. The molecule has 0 aliphatic carbocycles. The maximum Gasteiger partial charge on any atom is 0.231 e. The highest BCUT2D eigenvalue weighted by Crippen LogP contribution is 2.23. The highest BCUT2D eigenvalue weighted by Gasteiger charge is 2.34. The summed E-state index contributed by atoms with van der Waals surface area (Å²) >= 11 is 0. The maximum atomic E-state index is 11.0. The normalized spacial score (nSPS) is 23.0. The number of carbonyl (C=O) groups excluding carboxylic acids is 1. The van der Waals surface area contributed by atoms with E-state index < -0.39 is 5.60 Å². The van der Waals surface area contributed by atoms with E-state index in [2.05, 4.69) is 6.92 Å². The Bertz CT molecular complexity index is 518. The van der Waals surface area contributed by atoms with Crippen molar-refractivity contribution < 1.29 is 14.6 Å². The average molecular weight is 292 g/mol. The molecule has 0 aromatic heterocycles. The van der Waals surface area contributed by atoms with Crippen LogP contribution in [0.1, 0.15) is 24.0 Å². The second-order valence-corrected chi connectivity index (χ2v) is 6.04. The van der Waals surface area contributed by atoms with Gasteiger partial charge < -0.3 is 15.6 Å². The molecule has 5 nitrogen and oxygen atoms in total. The fourth-order valence-corrected chi connectivity index (χ4v) is 2.70. The van der Waals surface area contributed by atoms with E-state index >= 15 is 0 Å². The molecule has 3 N–H and O–H groups in total. The number of benzene rings is 1. The van der Waals surface area contributed by atoms with Gasteiger partial charge in [0.1, 0.15) is 18.0 Å². The van der Waals surface area contributed by atoms with Gasteiger partial charge in [0.2, 0.25) is 5.91 Å². The number of carbonyl (C=O) groups is 1. The van der Waals surface area contributed by atoms with Crippen LogP contribution in [0.15, 0.2) is 18.2 Å². The predicted molar refractivity (Wildman–Crippen MR) is 81.2 cm³/mol. The van der Waals surface area contributed by atoms with Gasteiger partial charge in [-0.25, -0.2) is 0 Å². The SMILES string of the molecule is Cc1ccc(OCC2(O)CCCN(CC(N)=O)C2)cc1C. The molecule has 0 spiro atoms. The Kier molecular flexibility index (Phi) is 4.85. The van der Waals surface area contributed by atoms with Gasteiger partial charge in [0.25, 0.3) is 0 Å². The zero-order valence-electron chi connectivity index (χ0n) is 12.8. The topological polar surface area (TPSA) is 75.8 Å². The van der Waals surface area contributed by atoms with Crippen molar-refractivity contribution >= 4 is 5.91 Å².